The molecule has 2 rings (SSSR count). The molecule has 0 saturated carbocycles. The molecule has 0 amide bonds. The van der Waals surface area contributed by atoms with Crippen molar-refractivity contribution in [2.24, 2.45) is 0 Å². The second-order valence-corrected chi connectivity index (χ2v) is 4.72. The lowest BCUT2D eigenvalue weighted by Crippen LogP contribution is -2.08. The number of nitrogen functional groups attached to an aromatic ring is 1. The molecule has 0 heterocycles. The van der Waals surface area contributed by atoms with Gasteiger partial charge in [-0.1, -0.05) is 12.1 Å². The second kappa shape index (κ2) is 5.74. The van der Waals surface area contributed by atoms with Crippen LogP contribution in [0.2, 0.25) is 0 Å². The van der Waals surface area contributed by atoms with Gasteiger partial charge in [0.15, 0.2) is 0 Å². The zero-order valence-corrected chi connectivity index (χ0v) is 11.4. The van der Waals surface area contributed by atoms with Crippen molar-refractivity contribution >= 4 is 11.7 Å². The number of anilines is 1. The first-order chi connectivity index (χ1) is 9.47. The predicted molar refractivity (Wildman–Crippen MR) is 75.8 cm³/mol. The SMILES string of the molecule is Cc1ccc(F)cc1COC(=O)c1cc(N)ccc1C. The highest BCUT2D eigenvalue weighted by molar-refractivity contribution is 5.92. The number of hydrogen-bond donors (Lipinski definition) is 1. The molecule has 0 unspecified atom stereocenters. The Balaban J connectivity index is 2.12. The van der Waals surface area contributed by atoms with Crippen LogP contribution in [0.25, 0.3) is 0 Å². The van der Waals surface area contributed by atoms with Gasteiger partial charge < -0.3 is 10.5 Å². The molecule has 0 aromatic heterocycles. The van der Waals surface area contributed by atoms with Gasteiger partial charge in [0.2, 0.25) is 0 Å². The molecule has 0 fully saturated rings. The van der Waals surface area contributed by atoms with Crippen LogP contribution >= 0.6 is 0 Å². The maximum atomic E-state index is 13.2. The Bertz CT molecular complexity index is 653. The molecule has 2 aromatic carbocycles. The van der Waals surface area contributed by atoms with Crippen LogP contribution in [0.1, 0.15) is 27.0 Å². The first-order valence-corrected chi connectivity index (χ1v) is 6.25. The number of aryl methyl sites for hydroxylation is 2. The van der Waals surface area contributed by atoms with E-state index in [9.17, 15) is 9.18 Å². The predicted octanol–water partition coefficient (Wildman–Crippen LogP) is 3.38. The standard InChI is InChI=1S/C16H16FNO2/c1-10-3-5-13(17)7-12(10)9-20-16(19)15-8-14(18)6-4-11(15)2/h3-8H,9,18H2,1-2H3. The van der Waals surface area contributed by atoms with Crippen LogP contribution in [0.15, 0.2) is 36.4 Å². The number of carbonyl (C=O) groups is 1. The molecule has 3 nitrogen and oxygen atoms in total. The zero-order chi connectivity index (χ0) is 14.7. The second-order valence-electron chi connectivity index (χ2n) is 4.72. The average Bonchev–Trinajstić information content (AvgIpc) is 2.42. The third kappa shape index (κ3) is 3.15. The van der Waals surface area contributed by atoms with E-state index in [2.05, 4.69) is 0 Å². The van der Waals surface area contributed by atoms with Gasteiger partial charge in [-0.2, -0.15) is 0 Å². The molecule has 0 aliphatic carbocycles. The maximum Gasteiger partial charge on any atom is 0.338 e. The maximum absolute atomic E-state index is 13.2. The molecule has 0 spiro atoms. The molecular weight excluding hydrogens is 257 g/mol. The largest absolute Gasteiger partial charge is 0.457 e. The summed E-state index contributed by atoms with van der Waals surface area (Å²) in [7, 11) is 0. The fraction of sp³-hybridized carbons (Fsp3) is 0.188. The summed E-state index contributed by atoms with van der Waals surface area (Å²) < 4.78 is 18.4. The van der Waals surface area contributed by atoms with Crippen molar-refractivity contribution in [1.82, 2.24) is 0 Å². The molecule has 0 aliphatic rings. The van der Waals surface area contributed by atoms with E-state index in [1.54, 1.807) is 24.3 Å². The minimum atomic E-state index is -0.460. The monoisotopic (exact) mass is 273 g/mol. The number of hydrogen-bond acceptors (Lipinski definition) is 3. The van der Waals surface area contributed by atoms with Crippen molar-refractivity contribution in [3.05, 3.63) is 64.5 Å². The molecule has 2 N–H and O–H groups in total. The molecular formula is C16H16FNO2. The minimum Gasteiger partial charge on any atom is -0.457 e. The summed E-state index contributed by atoms with van der Waals surface area (Å²) in [4.78, 5) is 12.0. The molecule has 0 bridgehead atoms. The van der Waals surface area contributed by atoms with Gasteiger partial charge in [-0.05, 0) is 54.8 Å². The molecule has 2 aromatic rings. The lowest BCUT2D eigenvalue weighted by Gasteiger charge is -2.09. The summed E-state index contributed by atoms with van der Waals surface area (Å²) >= 11 is 0. The lowest BCUT2D eigenvalue weighted by molar-refractivity contribution is 0.0471. The van der Waals surface area contributed by atoms with Crippen molar-refractivity contribution in [3.63, 3.8) is 0 Å². The Morgan fingerprint density at radius 2 is 1.85 bits per heavy atom. The van der Waals surface area contributed by atoms with E-state index in [0.717, 1.165) is 11.1 Å². The Morgan fingerprint density at radius 1 is 1.15 bits per heavy atom. The van der Waals surface area contributed by atoms with Gasteiger partial charge in [-0.15, -0.1) is 0 Å². The highest BCUT2D eigenvalue weighted by Crippen LogP contribution is 2.16. The van der Waals surface area contributed by atoms with Gasteiger partial charge in [0.05, 0.1) is 5.56 Å². The Kier molecular flexibility index (Phi) is 4.03. The summed E-state index contributed by atoms with van der Waals surface area (Å²) in [5.74, 6) is -0.805. The topological polar surface area (TPSA) is 52.3 Å². The highest BCUT2D eigenvalue weighted by atomic mass is 19.1. The minimum absolute atomic E-state index is 0.0384. The van der Waals surface area contributed by atoms with Crippen molar-refractivity contribution in [3.8, 4) is 0 Å². The van der Waals surface area contributed by atoms with E-state index >= 15 is 0 Å². The smallest absolute Gasteiger partial charge is 0.338 e. The highest BCUT2D eigenvalue weighted by Gasteiger charge is 2.12. The first kappa shape index (κ1) is 14.1. The number of halogens is 1. The third-order valence-electron chi connectivity index (χ3n) is 3.15. The number of esters is 1. The number of ether oxygens (including phenoxy) is 1. The molecule has 0 aliphatic heterocycles. The van der Waals surface area contributed by atoms with Crippen molar-refractivity contribution in [1.29, 1.82) is 0 Å². The van der Waals surface area contributed by atoms with Crippen LogP contribution in [-0.2, 0) is 11.3 Å². The Hall–Kier alpha value is -2.36. The van der Waals surface area contributed by atoms with E-state index in [0.29, 0.717) is 16.8 Å². The number of carbonyl (C=O) groups excluding carboxylic acids is 1. The summed E-state index contributed by atoms with van der Waals surface area (Å²) in [5, 5.41) is 0. The van der Waals surface area contributed by atoms with E-state index in [1.165, 1.54) is 12.1 Å². The van der Waals surface area contributed by atoms with E-state index in [1.807, 2.05) is 13.8 Å². The number of nitrogens with two attached hydrogens (primary N) is 1. The van der Waals surface area contributed by atoms with Crippen molar-refractivity contribution in [2.75, 3.05) is 5.73 Å². The van der Waals surface area contributed by atoms with E-state index in [-0.39, 0.29) is 12.4 Å². The summed E-state index contributed by atoms with van der Waals surface area (Å²) in [6, 6.07) is 9.47. The number of benzene rings is 2. The average molecular weight is 273 g/mol. The van der Waals surface area contributed by atoms with Gasteiger partial charge in [0.1, 0.15) is 12.4 Å². The van der Waals surface area contributed by atoms with Gasteiger partial charge in [0.25, 0.3) is 0 Å². The van der Waals surface area contributed by atoms with Gasteiger partial charge in [-0.3, -0.25) is 0 Å². The summed E-state index contributed by atoms with van der Waals surface area (Å²) in [5.41, 5.74) is 8.92. The lowest BCUT2D eigenvalue weighted by atomic mass is 10.1. The zero-order valence-electron chi connectivity index (χ0n) is 11.4. The molecule has 0 atom stereocenters. The Morgan fingerprint density at radius 3 is 2.60 bits per heavy atom. The van der Waals surface area contributed by atoms with Crippen LogP contribution in [0.3, 0.4) is 0 Å². The van der Waals surface area contributed by atoms with E-state index in [4.69, 9.17) is 10.5 Å². The molecule has 104 valence electrons. The molecule has 0 radical (unpaired) electrons. The normalized spacial score (nSPS) is 10.3. The van der Waals surface area contributed by atoms with Crippen LogP contribution in [0, 0.1) is 19.7 Å². The molecule has 20 heavy (non-hydrogen) atoms. The Labute approximate surface area is 117 Å². The molecule has 0 saturated heterocycles. The first-order valence-electron chi connectivity index (χ1n) is 6.25. The number of rotatable bonds is 3. The van der Waals surface area contributed by atoms with Crippen LogP contribution in [-0.4, -0.2) is 5.97 Å². The van der Waals surface area contributed by atoms with Crippen molar-refractivity contribution < 1.29 is 13.9 Å². The fourth-order valence-corrected chi connectivity index (χ4v) is 1.88. The summed E-state index contributed by atoms with van der Waals surface area (Å²) in [6.07, 6.45) is 0. The van der Waals surface area contributed by atoms with Gasteiger partial charge >= 0.3 is 5.97 Å². The van der Waals surface area contributed by atoms with E-state index < -0.39 is 5.97 Å². The third-order valence-corrected chi connectivity index (χ3v) is 3.15. The van der Waals surface area contributed by atoms with Crippen molar-refractivity contribution in [2.45, 2.75) is 20.5 Å². The van der Waals surface area contributed by atoms with Crippen LogP contribution in [0.4, 0.5) is 10.1 Å². The fourth-order valence-electron chi connectivity index (χ4n) is 1.88. The molecule has 4 heteroatoms. The van der Waals surface area contributed by atoms with Gasteiger partial charge in [-0.25, -0.2) is 9.18 Å². The van der Waals surface area contributed by atoms with Crippen LogP contribution < -0.4 is 5.73 Å². The van der Waals surface area contributed by atoms with Gasteiger partial charge in [0, 0.05) is 5.69 Å². The van der Waals surface area contributed by atoms with Crippen LogP contribution in [0.5, 0.6) is 0 Å². The quantitative estimate of drug-likeness (QED) is 0.689. The summed E-state index contributed by atoms with van der Waals surface area (Å²) in [6.45, 7) is 3.69.